The lowest BCUT2D eigenvalue weighted by Crippen LogP contribution is -1.93. The summed E-state index contributed by atoms with van der Waals surface area (Å²) in [4.78, 5) is 0. The van der Waals surface area contributed by atoms with Gasteiger partial charge in [-0.15, -0.1) is 10.2 Å². The number of hydrogen-bond acceptors (Lipinski definition) is 7. The minimum Gasteiger partial charge on any atom is -0.497 e. The molecular formula is C19H20N2O4S. The fourth-order valence-electron chi connectivity index (χ4n) is 2.44. The van der Waals surface area contributed by atoms with Gasteiger partial charge in [0.1, 0.15) is 17.2 Å². The van der Waals surface area contributed by atoms with Crippen LogP contribution in [0.3, 0.4) is 0 Å². The fourth-order valence-corrected chi connectivity index (χ4v) is 3.18. The van der Waals surface area contributed by atoms with E-state index in [1.54, 1.807) is 14.2 Å². The number of thioether (sulfide) groups is 1. The van der Waals surface area contributed by atoms with Gasteiger partial charge in [0, 0.05) is 11.3 Å². The van der Waals surface area contributed by atoms with Crippen LogP contribution in [0.15, 0.2) is 52.1 Å². The van der Waals surface area contributed by atoms with Crippen molar-refractivity contribution in [2.24, 2.45) is 0 Å². The number of methoxy groups -OCH3 is 2. The van der Waals surface area contributed by atoms with E-state index in [0.29, 0.717) is 23.5 Å². The standard InChI is InChI=1S/C19H20N2O4S/c1-4-24-17-8-6-5-7-15(17)18-20-21-19(25-18)26-12-13-11-14(22-2)9-10-16(13)23-3/h5-11H,4,12H2,1-3H3. The molecule has 2 aromatic carbocycles. The van der Waals surface area contributed by atoms with Crippen molar-refractivity contribution in [3.63, 3.8) is 0 Å². The van der Waals surface area contributed by atoms with Gasteiger partial charge in [-0.2, -0.15) is 0 Å². The maximum atomic E-state index is 5.80. The molecule has 0 saturated heterocycles. The van der Waals surface area contributed by atoms with Gasteiger partial charge in [0.2, 0.25) is 0 Å². The number of nitrogens with zero attached hydrogens (tertiary/aromatic N) is 2. The van der Waals surface area contributed by atoms with E-state index >= 15 is 0 Å². The molecule has 0 spiro atoms. The topological polar surface area (TPSA) is 66.6 Å². The molecule has 0 amide bonds. The summed E-state index contributed by atoms with van der Waals surface area (Å²) in [7, 11) is 3.28. The maximum absolute atomic E-state index is 5.80. The lowest BCUT2D eigenvalue weighted by atomic mass is 10.2. The Kier molecular flexibility index (Phi) is 6.01. The van der Waals surface area contributed by atoms with Crippen molar-refractivity contribution >= 4 is 11.8 Å². The molecule has 6 nitrogen and oxygen atoms in total. The minimum absolute atomic E-state index is 0.439. The van der Waals surface area contributed by atoms with Gasteiger partial charge in [0.05, 0.1) is 26.4 Å². The second kappa shape index (κ2) is 8.62. The Morgan fingerprint density at radius 2 is 1.85 bits per heavy atom. The predicted octanol–water partition coefficient (Wildman–Crippen LogP) is 4.44. The van der Waals surface area contributed by atoms with Crippen LogP contribution in [0.1, 0.15) is 12.5 Å². The molecule has 7 heteroatoms. The molecule has 0 aliphatic carbocycles. The van der Waals surface area contributed by atoms with E-state index in [0.717, 1.165) is 28.4 Å². The van der Waals surface area contributed by atoms with E-state index in [9.17, 15) is 0 Å². The first kappa shape index (κ1) is 18.1. The smallest absolute Gasteiger partial charge is 0.277 e. The normalized spacial score (nSPS) is 10.6. The molecule has 0 N–H and O–H groups in total. The van der Waals surface area contributed by atoms with Crippen LogP contribution in [0.5, 0.6) is 17.2 Å². The predicted molar refractivity (Wildman–Crippen MR) is 100 cm³/mol. The van der Waals surface area contributed by atoms with Gasteiger partial charge in [0.15, 0.2) is 0 Å². The molecule has 0 bridgehead atoms. The van der Waals surface area contributed by atoms with E-state index in [1.807, 2.05) is 49.4 Å². The number of rotatable bonds is 8. The summed E-state index contributed by atoms with van der Waals surface area (Å²) < 4.78 is 22.1. The third-order valence-corrected chi connectivity index (χ3v) is 4.53. The Morgan fingerprint density at radius 3 is 2.62 bits per heavy atom. The fraction of sp³-hybridized carbons (Fsp3) is 0.263. The highest BCUT2D eigenvalue weighted by atomic mass is 32.2. The Labute approximate surface area is 156 Å². The van der Waals surface area contributed by atoms with Crippen molar-refractivity contribution in [1.29, 1.82) is 0 Å². The zero-order chi connectivity index (χ0) is 18.4. The van der Waals surface area contributed by atoms with Gasteiger partial charge >= 0.3 is 0 Å². The third kappa shape index (κ3) is 4.11. The summed E-state index contributed by atoms with van der Waals surface area (Å²) in [6.07, 6.45) is 0. The van der Waals surface area contributed by atoms with Crippen LogP contribution in [0, 0.1) is 0 Å². The highest BCUT2D eigenvalue weighted by molar-refractivity contribution is 7.98. The second-order valence-electron chi connectivity index (χ2n) is 5.27. The first-order valence-electron chi connectivity index (χ1n) is 8.14. The van der Waals surface area contributed by atoms with Crippen molar-refractivity contribution in [3.05, 3.63) is 48.0 Å². The summed E-state index contributed by atoms with van der Waals surface area (Å²) in [5.41, 5.74) is 1.78. The van der Waals surface area contributed by atoms with E-state index in [-0.39, 0.29) is 0 Å². The SMILES string of the molecule is CCOc1ccccc1-c1nnc(SCc2cc(OC)ccc2OC)o1. The summed E-state index contributed by atoms with van der Waals surface area (Å²) in [5, 5.41) is 8.75. The molecule has 0 fully saturated rings. The van der Waals surface area contributed by atoms with E-state index < -0.39 is 0 Å². The van der Waals surface area contributed by atoms with Crippen molar-refractivity contribution in [3.8, 4) is 28.7 Å². The number of benzene rings is 2. The van der Waals surface area contributed by atoms with Crippen LogP contribution in [0.4, 0.5) is 0 Å². The lowest BCUT2D eigenvalue weighted by molar-refractivity contribution is 0.340. The third-order valence-electron chi connectivity index (χ3n) is 3.66. The zero-order valence-corrected chi connectivity index (χ0v) is 15.7. The highest BCUT2D eigenvalue weighted by Gasteiger charge is 2.14. The van der Waals surface area contributed by atoms with E-state index in [1.165, 1.54) is 11.8 Å². The number of para-hydroxylation sites is 1. The molecule has 0 aliphatic rings. The monoisotopic (exact) mass is 372 g/mol. The molecule has 0 unspecified atom stereocenters. The molecule has 0 atom stereocenters. The Hall–Kier alpha value is -2.67. The summed E-state index contributed by atoms with van der Waals surface area (Å²) >= 11 is 1.44. The largest absolute Gasteiger partial charge is 0.497 e. The van der Waals surface area contributed by atoms with E-state index in [4.69, 9.17) is 18.6 Å². The number of hydrogen-bond donors (Lipinski definition) is 0. The average molecular weight is 372 g/mol. The van der Waals surface area contributed by atoms with Crippen LogP contribution in [-0.2, 0) is 5.75 Å². The van der Waals surface area contributed by atoms with Gasteiger partial charge in [-0.3, -0.25) is 0 Å². The van der Waals surface area contributed by atoms with Gasteiger partial charge in [-0.25, -0.2) is 0 Å². The molecule has 1 aromatic heterocycles. The van der Waals surface area contributed by atoms with Crippen molar-refractivity contribution in [2.45, 2.75) is 17.9 Å². The summed E-state index contributed by atoms with van der Waals surface area (Å²) in [6, 6.07) is 13.3. The van der Waals surface area contributed by atoms with Crippen molar-refractivity contribution in [2.75, 3.05) is 20.8 Å². The Balaban J connectivity index is 1.76. The number of aromatic nitrogens is 2. The minimum atomic E-state index is 0.439. The first-order valence-corrected chi connectivity index (χ1v) is 9.13. The molecular weight excluding hydrogens is 352 g/mol. The van der Waals surface area contributed by atoms with Gasteiger partial charge < -0.3 is 18.6 Å². The summed E-state index contributed by atoms with van der Waals surface area (Å²) in [5.74, 6) is 3.35. The summed E-state index contributed by atoms with van der Waals surface area (Å²) in [6.45, 7) is 2.51. The maximum Gasteiger partial charge on any atom is 0.277 e. The van der Waals surface area contributed by atoms with Crippen LogP contribution >= 0.6 is 11.8 Å². The molecule has 0 aliphatic heterocycles. The molecule has 3 aromatic rings. The second-order valence-corrected chi connectivity index (χ2v) is 6.20. The van der Waals surface area contributed by atoms with Gasteiger partial charge in [0.25, 0.3) is 11.1 Å². The Bertz CT molecular complexity index is 866. The highest BCUT2D eigenvalue weighted by Crippen LogP contribution is 2.33. The first-order chi connectivity index (χ1) is 12.7. The van der Waals surface area contributed by atoms with Crippen LogP contribution in [0.2, 0.25) is 0 Å². The zero-order valence-electron chi connectivity index (χ0n) is 14.9. The Morgan fingerprint density at radius 1 is 1.00 bits per heavy atom. The van der Waals surface area contributed by atoms with Crippen molar-refractivity contribution in [1.82, 2.24) is 10.2 Å². The molecule has 0 radical (unpaired) electrons. The number of ether oxygens (including phenoxy) is 3. The van der Waals surface area contributed by atoms with Gasteiger partial charge in [-0.1, -0.05) is 23.9 Å². The molecule has 3 rings (SSSR count). The molecule has 26 heavy (non-hydrogen) atoms. The quantitative estimate of drug-likeness (QED) is 0.541. The van der Waals surface area contributed by atoms with Crippen molar-refractivity contribution < 1.29 is 18.6 Å². The molecule has 0 saturated carbocycles. The van der Waals surface area contributed by atoms with Crippen LogP contribution in [-0.4, -0.2) is 31.0 Å². The molecule has 136 valence electrons. The lowest BCUT2D eigenvalue weighted by Gasteiger charge is -2.09. The van der Waals surface area contributed by atoms with Gasteiger partial charge in [-0.05, 0) is 37.3 Å². The average Bonchev–Trinajstić information content (AvgIpc) is 3.15. The van der Waals surface area contributed by atoms with E-state index in [2.05, 4.69) is 10.2 Å². The van der Waals surface area contributed by atoms with Crippen LogP contribution < -0.4 is 14.2 Å². The molecule has 1 heterocycles. The van der Waals surface area contributed by atoms with Crippen LogP contribution in [0.25, 0.3) is 11.5 Å².